The molecular formula is C30H26N6O. The van der Waals surface area contributed by atoms with Gasteiger partial charge in [0.25, 0.3) is 5.89 Å². The maximum Gasteiger partial charge on any atom is 0.276 e. The number of hydrogen-bond acceptors (Lipinski definition) is 6. The second-order valence-corrected chi connectivity index (χ2v) is 8.85. The lowest BCUT2D eigenvalue weighted by Crippen LogP contribution is -2.04. The molecule has 0 bridgehead atoms. The maximum absolute atomic E-state index is 5.47. The number of anilines is 3. The molecule has 6 aromatic rings. The Balaban J connectivity index is 1.06. The molecule has 7 heteroatoms. The Morgan fingerprint density at radius 3 is 2.51 bits per heavy atom. The minimum absolute atomic E-state index is 0.407. The smallest absolute Gasteiger partial charge is 0.276 e. The molecule has 0 amide bonds. The Bertz CT molecular complexity index is 1600. The van der Waals surface area contributed by atoms with Gasteiger partial charge < -0.3 is 20.1 Å². The van der Waals surface area contributed by atoms with Crippen LogP contribution >= 0.6 is 0 Å². The molecule has 6 rings (SSSR count). The first kappa shape index (κ1) is 22.5. The zero-order chi connectivity index (χ0) is 24.9. The van der Waals surface area contributed by atoms with Crippen LogP contribution in [0.5, 0.6) is 0 Å². The molecule has 0 saturated carbocycles. The van der Waals surface area contributed by atoms with Crippen LogP contribution in [0.3, 0.4) is 0 Å². The van der Waals surface area contributed by atoms with Gasteiger partial charge in [-0.25, -0.2) is 0 Å². The summed E-state index contributed by atoms with van der Waals surface area (Å²) in [6.45, 7) is 0.860. The quantitative estimate of drug-likeness (QED) is 0.213. The summed E-state index contributed by atoms with van der Waals surface area (Å²) in [4.78, 5) is 12.3. The van der Waals surface area contributed by atoms with Gasteiger partial charge in [-0.2, -0.15) is 4.98 Å². The Morgan fingerprint density at radius 2 is 1.62 bits per heavy atom. The van der Waals surface area contributed by atoms with E-state index in [0.29, 0.717) is 23.8 Å². The fourth-order valence-electron chi connectivity index (χ4n) is 4.35. The Kier molecular flexibility index (Phi) is 6.32. The first-order valence-corrected chi connectivity index (χ1v) is 12.3. The van der Waals surface area contributed by atoms with Crippen molar-refractivity contribution < 1.29 is 4.52 Å². The number of fused-ring (bicyclic) bond motifs is 1. The normalized spacial score (nSPS) is 11.0. The van der Waals surface area contributed by atoms with E-state index in [4.69, 9.17) is 4.52 Å². The van der Waals surface area contributed by atoms with Gasteiger partial charge in [0.1, 0.15) is 5.69 Å². The van der Waals surface area contributed by atoms with Crippen molar-refractivity contribution >= 4 is 28.0 Å². The number of nitrogens with zero attached hydrogens (tertiary/aromatic N) is 3. The van der Waals surface area contributed by atoms with Crippen molar-refractivity contribution in [3.8, 4) is 11.6 Å². The Hall–Kier alpha value is -4.91. The van der Waals surface area contributed by atoms with Gasteiger partial charge >= 0.3 is 0 Å². The summed E-state index contributed by atoms with van der Waals surface area (Å²) in [6, 6.07) is 30.6. The minimum Gasteiger partial charge on any atom is -0.385 e. The lowest BCUT2D eigenvalue weighted by molar-refractivity contribution is 0.422. The third kappa shape index (κ3) is 5.36. The molecule has 0 saturated heterocycles. The zero-order valence-electron chi connectivity index (χ0n) is 20.2. The number of benzene rings is 3. The number of nitrogens with one attached hydrogen (secondary N) is 3. The molecular weight excluding hydrogens is 460 g/mol. The fourth-order valence-corrected chi connectivity index (χ4v) is 4.35. The van der Waals surface area contributed by atoms with Gasteiger partial charge in [0.2, 0.25) is 0 Å². The van der Waals surface area contributed by atoms with Gasteiger partial charge in [-0.1, -0.05) is 53.7 Å². The van der Waals surface area contributed by atoms with Crippen molar-refractivity contribution in [3.63, 3.8) is 0 Å². The summed E-state index contributed by atoms with van der Waals surface area (Å²) >= 11 is 0. The van der Waals surface area contributed by atoms with E-state index < -0.39 is 0 Å². The topological polar surface area (TPSA) is 91.7 Å². The minimum atomic E-state index is 0.407. The number of rotatable bonds is 9. The second-order valence-electron chi connectivity index (χ2n) is 8.85. The molecule has 0 spiro atoms. The Morgan fingerprint density at radius 1 is 0.811 bits per heavy atom. The zero-order valence-corrected chi connectivity index (χ0v) is 20.2. The predicted molar refractivity (Wildman–Crippen MR) is 147 cm³/mol. The average Bonchev–Trinajstić information content (AvgIpc) is 3.58. The monoisotopic (exact) mass is 486 g/mol. The average molecular weight is 487 g/mol. The molecule has 0 aliphatic heterocycles. The van der Waals surface area contributed by atoms with Crippen LogP contribution in [0.15, 0.2) is 108 Å². The number of pyridine rings is 1. The summed E-state index contributed by atoms with van der Waals surface area (Å²) in [7, 11) is 0. The van der Waals surface area contributed by atoms with E-state index >= 15 is 0 Å². The van der Waals surface area contributed by atoms with Crippen LogP contribution in [0.2, 0.25) is 0 Å². The van der Waals surface area contributed by atoms with Crippen molar-refractivity contribution in [3.05, 3.63) is 120 Å². The van der Waals surface area contributed by atoms with Crippen LogP contribution in [0.4, 0.5) is 17.1 Å². The molecule has 3 aromatic heterocycles. The molecule has 3 N–H and O–H groups in total. The molecule has 0 fully saturated rings. The van der Waals surface area contributed by atoms with Gasteiger partial charge in [0.15, 0.2) is 5.82 Å². The maximum atomic E-state index is 5.47. The second kappa shape index (κ2) is 10.4. The number of para-hydroxylation sites is 1. The van der Waals surface area contributed by atoms with Gasteiger partial charge in [-0.3, -0.25) is 4.98 Å². The molecule has 0 radical (unpaired) electrons. The highest BCUT2D eigenvalue weighted by Crippen LogP contribution is 2.24. The van der Waals surface area contributed by atoms with E-state index in [0.717, 1.165) is 35.6 Å². The molecule has 0 aliphatic carbocycles. The van der Waals surface area contributed by atoms with E-state index in [2.05, 4.69) is 85.5 Å². The molecule has 3 heterocycles. The first-order chi connectivity index (χ1) is 18.3. The summed E-state index contributed by atoms with van der Waals surface area (Å²) in [5.41, 5.74) is 7.23. The lowest BCUT2D eigenvalue weighted by Gasteiger charge is -2.10. The third-order valence-corrected chi connectivity index (χ3v) is 6.22. The van der Waals surface area contributed by atoms with E-state index in [9.17, 15) is 0 Å². The van der Waals surface area contributed by atoms with Crippen molar-refractivity contribution in [1.29, 1.82) is 0 Å². The predicted octanol–water partition coefficient (Wildman–Crippen LogP) is 6.60. The van der Waals surface area contributed by atoms with Crippen molar-refractivity contribution in [2.75, 3.05) is 17.2 Å². The van der Waals surface area contributed by atoms with Crippen LogP contribution in [0, 0.1) is 0 Å². The number of aromatic amines is 1. The number of H-pyrrole nitrogens is 1. The Labute approximate surface area is 214 Å². The fraction of sp³-hybridized carbons (Fsp3) is 0.100. The molecule has 37 heavy (non-hydrogen) atoms. The highest BCUT2D eigenvalue weighted by Gasteiger charge is 2.11. The summed E-state index contributed by atoms with van der Waals surface area (Å²) in [5.74, 6) is 1.04. The highest BCUT2D eigenvalue weighted by atomic mass is 16.5. The van der Waals surface area contributed by atoms with E-state index in [1.807, 2.05) is 42.5 Å². The third-order valence-electron chi connectivity index (χ3n) is 6.22. The molecule has 182 valence electrons. The van der Waals surface area contributed by atoms with Crippen molar-refractivity contribution in [2.45, 2.75) is 12.8 Å². The molecule has 3 aromatic carbocycles. The molecule has 0 unspecified atom stereocenters. The van der Waals surface area contributed by atoms with Crippen molar-refractivity contribution in [2.24, 2.45) is 0 Å². The van der Waals surface area contributed by atoms with Crippen LogP contribution in [-0.2, 0) is 12.8 Å². The first-order valence-electron chi connectivity index (χ1n) is 12.3. The van der Waals surface area contributed by atoms with Crippen LogP contribution < -0.4 is 10.6 Å². The van der Waals surface area contributed by atoms with Crippen molar-refractivity contribution in [1.82, 2.24) is 20.1 Å². The van der Waals surface area contributed by atoms with Crippen LogP contribution in [0.1, 0.15) is 17.0 Å². The van der Waals surface area contributed by atoms with Gasteiger partial charge in [0, 0.05) is 53.3 Å². The van der Waals surface area contributed by atoms with Gasteiger partial charge in [-0.05, 0) is 60.0 Å². The van der Waals surface area contributed by atoms with Crippen LogP contribution in [-0.4, -0.2) is 26.7 Å². The largest absolute Gasteiger partial charge is 0.385 e. The number of aromatic nitrogens is 4. The van der Waals surface area contributed by atoms with E-state index in [-0.39, 0.29) is 0 Å². The molecule has 7 nitrogen and oxygen atoms in total. The molecule has 0 aliphatic rings. The highest BCUT2D eigenvalue weighted by molar-refractivity contribution is 5.83. The summed E-state index contributed by atoms with van der Waals surface area (Å²) in [6.07, 6.45) is 5.40. The standard InChI is InChI=1S/C30H26N6O/c1-2-6-21(7-3-1)18-29-35-30(37-36-29)28-19-25(15-17-32-28)34-24-12-10-23(11-13-24)31-16-14-22-20-33-27-9-5-4-8-26(22)27/h1-13,15,17,19-20,31,33H,14,16,18H2,(H,32,34). The molecule has 0 atom stereocenters. The summed E-state index contributed by atoms with van der Waals surface area (Å²) < 4.78 is 5.47. The number of hydrogen-bond donors (Lipinski definition) is 3. The van der Waals surface area contributed by atoms with E-state index in [1.54, 1.807) is 6.20 Å². The van der Waals surface area contributed by atoms with E-state index in [1.165, 1.54) is 16.5 Å². The SMILES string of the molecule is c1ccc(Cc2noc(-c3cc(Nc4ccc(NCCc5c[nH]c6ccccc56)cc4)ccn3)n2)cc1. The van der Waals surface area contributed by atoms with Gasteiger partial charge in [0.05, 0.1) is 0 Å². The van der Waals surface area contributed by atoms with Crippen LogP contribution in [0.25, 0.3) is 22.5 Å². The lowest BCUT2D eigenvalue weighted by atomic mass is 10.1. The summed E-state index contributed by atoms with van der Waals surface area (Å²) in [5, 5.41) is 12.3. The van der Waals surface area contributed by atoms with Gasteiger partial charge in [-0.15, -0.1) is 0 Å².